The highest BCUT2D eigenvalue weighted by molar-refractivity contribution is 6.98. The van der Waals surface area contributed by atoms with E-state index in [-0.39, 0.29) is 0 Å². The van der Waals surface area contributed by atoms with E-state index in [2.05, 4.69) is 80.1 Å². The molecule has 0 amide bonds. The molecule has 2 aromatic carbocycles. The summed E-state index contributed by atoms with van der Waals surface area (Å²) in [6, 6.07) is 21.0. The van der Waals surface area contributed by atoms with E-state index < -0.39 is 17.0 Å². The normalized spacial score (nSPS) is 16.5. The Balaban J connectivity index is 2.39. The van der Waals surface area contributed by atoms with E-state index in [1.54, 1.807) is 0 Å². The van der Waals surface area contributed by atoms with Crippen molar-refractivity contribution in [3.05, 3.63) is 60.7 Å². The van der Waals surface area contributed by atoms with Gasteiger partial charge in [-0.1, -0.05) is 60.7 Å². The van der Waals surface area contributed by atoms with E-state index >= 15 is 0 Å². The van der Waals surface area contributed by atoms with Gasteiger partial charge in [-0.15, -0.1) is 0 Å². The van der Waals surface area contributed by atoms with Crippen LogP contribution in [0.3, 0.4) is 0 Å². The first-order chi connectivity index (χ1) is 11.0. The molecule has 124 valence electrons. The Hall–Kier alpha value is -1.25. The van der Waals surface area contributed by atoms with E-state index in [0.29, 0.717) is 13.2 Å². The lowest BCUT2D eigenvalue weighted by molar-refractivity contribution is 0.309. The van der Waals surface area contributed by atoms with Crippen LogP contribution in [0.25, 0.3) is 0 Å². The Labute approximate surface area is 142 Å². The van der Waals surface area contributed by atoms with Crippen molar-refractivity contribution in [3.8, 4) is 0 Å². The number of hydrogen-bond acceptors (Lipinski definition) is 3. The third-order valence-corrected chi connectivity index (χ3v) is 12.4. The molecule has 23 heavy (non-hydrogen) atoms. The molecular weight excluding hydrogens is 318 g/mol. The molecule has 0 spiro atoms. The van der Waals surface area contributed by atoms with Crippen LogP contribution in [-0.2, 0) is 8.85 Å². The van der Waals surface area contributed by atoms with Crippen LogP contribution < -0.4 is 15.0 Å². The quantitative estimate of drug-likeness (QED) is 0.746. The minimum atomic E-state index is -2.29. The molecule has 0 bridgehead atoms. The maximum Gasteiger partial charge on any atom is 0.294 e. The first-order valence-electron chi connectivity index (χ1n) is 8.22. The van der Waals surface area contributed by atoms with Gasteiger partial charge in [0.15, 0.2) is 0 Å². The van der Waals surface area contributed by atoms with E-state index in [0.717, 1.165) is 0 Å². The van der Waals surface area contributed by atoms with Gasteiger partial charge in [-0.3, -0.25) is 0 Å². The average Bonchev–Trinajstić information content (AvgIpc) is 2.57. The van der Waals surface area contributed by atoms with Gasteiger partial charge in [-0.05, 0) is 37.3 Å². The zero-order valence-corrected chi connectivity index (χ0v) is 16.5. The van der Waals surface area contributed by atoms with Gasteiger partial charge in [-0.25, -0.2) is 0 Å². The first-order valence-corrected chi connectivity index (χ1v) is 13.0. The Morgan fingerprint density at radius 1 is 0.696 bits per heavy atom. The zero-order valence-electron chi connectivity index (χ0n) is 14.5. The first kappa shape index (κ1) is 18.1. The van der Waals surface area contributed by atoms with Crippen LogP contribution in [0.15, 0.2) is 60.7 Å². The summed E-state index contributed by atoms with van der Waals surface area (Å²) in [4.78, 5) is 0. The molecule has 2 unspecified atom stereocenters. The fourth-order valence-corrected chi connectivity index (χ4v) is 11.4. The van der Waals surface area contributed by atoms with Crippen molar-refractivity contribution >= 4 is 27.3 Å². The second-order valence-corrected chi connectivity index (χ2v) is 12.7. The van der Waals surface area contributed by atoms with Gasteiger partial charge < -0.3 is 13.5 Å². The Bertz CT molecular complexity index is 543. The van der Waals surface area contributed by atoms with Crippen LogP contribution in [0.5, 0.6) is 0 Å². The maximum atomic E-state index is 6.26. The van der Waals surface area contributed by atoms with Crippen molar-refractivity contribution in [2.45, 2.75) is 26.9 Å². The molecule has 5 heteroatoms. The third-order valence-electron chi connectivity index (χ3n) is 3.99. The highest BCUT2D eigenvalue weighted by Gasteiger charge is 2.43. The van der Waals surface area contributed by atoms with Crippen LogP contribution in [0.4, 0.5) is 0 Å². The van der Waals surface area contributed by atoms with Crippen LogP contribution in [0.1, 0.15) is 13.8 Å². The number of rotatable bonds is 8. The van der Waals surface area contributed by atoms with Crippen molar-refractivity contribution in [1.29, 1.82) is 0 Å². The summed E-state index contributed by atoms with van der Waals surface area (Å²) in [6.07, 6.45) is 0. The van der Waals surface area contributed by atoms with E-state index in [1.165, 1.54) is 10.4 Å². The fourth-order valence-electron chi connectivity index (χ4n) is 2.93. The predicted molar refractivity (Wildman–Crippen MR) is 102 cm³/mol. The minimum absolute atomic E-state index is 0.690. The highest BCUT2D eigenvalue weighted by atomic mass is 28.4. The summed E-state index contributed by atoms with van der Waals surface area (Å²) in [7, 11) is -4.59. The second-order valence-electron chi connectivity index (χ2n) is 5.79. The van der Waals surface area contributed by atoms with E-state index in [4.69, 9.17) is 8.85 Å². The van der Waals surface area contributed by atoms with Gasteiger partial charge in [0.1, 0.15) is 0 Å². The number of hydrogen-bond donors (Lipinski definition) is 1. The fraction of sp³-hybridized carbons (Fsp3) is 0.333. The molecule has 0 saturated carbocycles. The van der Waals surface area contributed by atoms with Crippen LogP contribution >= 0.6 is 0 Å². The van der Waals surface area contributed by atoms with Gasteiger partial charge in [-0.2, -0.15) is 0 Å². The van der Waals surface area contributed by atoms with Crippen LogP contribution in [0, 0.1) is 0 Å². The molecule has 0 aliphatic carbocycles. The summed E-state index contributed by atoms with van der Waals surface area (Å²) in [5, 5.41) is 2.49. The monoisotopic (exact) mass is 345 g/mol. The van der Waals surface area contributed by atoms with Gasteiger partial charge in [0.05, 0.1) is 0 Å². The largest absolute Gasteiger partial charge is 0.400 e. The molecule has 0 fully saturated rings. The van der Waals surface area contributed by atoms with Crippen molar-refractivity contribution < 1.29 is 8.85 Å². The standard InChI is InChI=1S/C18H27NO2Si2/c1-5-20-22(3,17-13-9-7-10-14-17)19-23(4,21-6-2)18-15-11-8-12-16-18/h7-16,19H,5-6H2,1-4H3. The molecule has 0 aliphatic heterocycles. The molecule has 0 aromatic heterocycles. The lowest BCUT2D eigenvalue weighted by atomic mass is 10.4. The van der Waals surface area contributed by atoms with Crippen molar-refractivity contribution in [1.82, 2.24) is 4.65 Å². The Morgan fingerprint density at radius 2 is 1.04 bits per heavy atom. The molecule has 2 rings (SSSR count). The molecule has 1 N–H and O–H groups in total. The predicted octanol–water partition coefficient (Wildman–Crippen LogP) is 2.61. The summed E-state index contributed by atoms with van der Waals surface area (Å²) in [5.41, 5.74) is 0. The van der Waals surface area contributed by atoms with Crippen LogP contribution in [0.2, 0.25) is 13.1 Å². The van der Waals surface area contributed by atoms with Crippen molar-refractivity contribution in [2.24, 2.45) is 0 Å². The zero-order chi connectivity index (χ0) is 16.8. The molecule has 3 nitrogen and oxygen atoms in total. The Kier molecular flexibility index (Phi) is 6.32. The molecule has 0 aliphatic rings. The molecule has 0 radical (unpaired) electrons. The van der Waals surface area contributed by atoms with Gasteiger partial charge in [0, 0.05) is 13.2 Å². The van der Waals surface area contributed by atoms with Gasteiger partial charge in [0.2, 0.25) is 0 Å². The summed E-state index contributed by atoms with van der Waals surface area (Å²) >= 11 is 0. The maximum absolute atomic E-state index is 6.26. The minimum Gasteiger partial charge on any atom is -0.400 e. The summed E-state index contributed by atoms with van der Waals surface area (Å²) in [6.45, 7) is 9.93. The second kappa shape index (κ2) is 8.03. The molecule has 0 heterocycles. The number of nitrogens with one attached hydrogen (secondary N) is 1. The molecule has 2 aromatic rings. The highest BCUT2D eigenvalue weighted by Crippen LogP contribution is 2.10. The summed E-state index contributed by atoms with van der Waals surface area (Å²) in [5.74, 6) is 0. The van der Waals surface area contributed by atoms with Crippen molar-refractivity contribution in [2.75, 3.05) is 13.2 Å². The van der Waals surface area contributed by atoms with Gasteiger partial charge in [0.25, 0.3) is 17.0 Å². The molecular formula is C18H27NO2Si2. The topological polar surface area (TPSA) is 30.5 Å². The average molecular weight is 346 g/mol. The lowest BCUT2D eigenvalue weighted by Gasteiger charge is -2.38. The molecule has 0 saturated heterocycles. The van der Waals surface area contributed by atoms with Crippen LogP contribution in [-0.4, -0.2) is 30.2 Å². The summed E-state index contributed by atoms with van der Waals surface area (Å²) < 4.78 is 16.4. The SMILES string of the molecule is CCO[Si](C)(N[Si](C)(OCC)c1ccccc1)c1ccccc1. The van der Waals surface area contributed by atoms with E-state index in [9.17, 15) is 0 Å². The lowest BCUT2D eigenvalue weighted by Crippen LogP contribution is -2.74. The smallest absolute Gasteiger partial charge is 0.294 e. The number of benzene rings is 2. The van der Waals surface area contributed by atoms with E-state index in [1.807, 2.05) is 12.1 Å². The Morgan fingerprint density at radius 3 is 1.35 bits per heavy atom. The van der Waals surface area contributed by atoms with Gasteiger partial charge >= 0.3 is 0 Å². The van der Waals surface area contributed by atoms with Crippen molar-refractivity contribution in [3.63, 3.8) is 0 Å². The molecule has 2 atom stereocenters. The third kappa shape index (κ3) is 4.39.